The van der Waals surface area contributed by atoms with Gasteiger partial charge in [0.15, 0.2) is 16.6 Å². The summed E-state index contributed by atoms with van der Waals surface area (Å²) in [5.74, 6) is 0.860. The second kappa shape index (κ2) is 7.22. The average molecular weight is 441 g/mol. The molecule has 0 fully saturated rings. The molecular formula is C20H16N4O4S2. The maximum atomic E-state index is 12.7. The van der Waals surface area contributed by atoms with E-state index in [-0.39, 0.29) is 30.3 Å². The van der Waals surface area contributed by atoms with Gasteiger partial charge in [-0.2, -0.15) is 0 Å². The number of nitrogens with one attached hydrogen (secondary N) is 1. The van der Waals surface area contributed by atoms with E-state index in [1.54, 1.807) is 29.3 Å². The Bertz CT molecular complexity index is 1310. The fourth-order valence-corrected chi connectivity index (χ4v) is 5.13. The SMILES string of the molecule is O=C(NCc1ccc(-c2nc3ccccc3s2)o1)C1=CC=CN2CCS(=O)(=O)N=C12. The van der Waals surface area contributed by atoms with Crippen molar-refractivity contribution in [1.82, 2.24) is 15.2 Å². The molecule has 152 valence electrons. The maximum absolute atomic E-state index is 12.7. The first-order chi connectivity index (χ1) is 14.5. The van der Waals surface area contributed by atoms with E-state index < -0.39 is 15.9 Å². The number of fused-ring (bicyclic) bond motifs is 2. The van der Waals surface area contributed by atoms with E-state index in [9.17, 15) is 13.2 Å². The fourth-order valence-electron chi connectivity index (χ4n) is 3.22. The zero-order chi connectivity index (χ0) is 20.7. The van der Waals surface area contributed by atoms with Crippen LogP contribution in [0.5, 0.6) is 0 Å². The summed E-state index contributed by atoms with van der Waals surface area (Å²) in [6.07, 6.45) is 4.96. The van der Waals surface area contributed by atoms with Gasteiger partial charge < -0.3 is 14.6 Å². The van der Waals surface area contributed by atoms with Crippen LogP contribution in [-0.2, 0) is 21.4 Å². The number of thiazole rings is 1. The minimum atomic E-state index is -3.56. The molecule has 0 unspecified atom stereocenters. The van der Waals surface area contributed by atoms with Crippen LogP contribution in [0.3, 0.4) is 0 Å². The zero-order valence-electron chi connectivity index (χ0n) is 15.6. The lowest BCUT2D eigenvalue weighted by Crippen LogP contribution is -2.42. The molecule has 4 heterocycles. The van der Waals surface area contributed by atoms with E-state index in [2.05, 4.69) is 14.7 Å². The molecule has 2 aliphatic rings. The molecule has 5 rings (SSSR count). The third-order valence-corrected chi connectivity index (χ3v) is 6.89. The van der Waals surface area contributed by atoms with E-state index in [1.807, 2.05) is 30.3 Å². The van der Waals surface area contributed by atoms with Crippen LogP contribution >= 0.6 is 11.3 Å². The Morgan fingerprint density at radius 2 is 2.10 bits per heavy atom. The highest BCUT2D eigenvalue weighted by Crippen LogP contribution is 2.31. The van der Waals surface area contributed by atoms with Gasteiger partial charge in [0, 0.05) is 12.7 Å². The number of furan rings is 1. The molecule has 0 saturated carbocycles. The van der Waals surface area contributed by atoms with Gasteiger partial charge in [-0.15, -0.1) is 15.7 Å². The number of nitrogens with zero attached hydrogens (tertiary/aromatic N) is 3. The molecule has 0 radical (unpaired) electrons. The predicted octanol–water partition coefficient (Wildman–Crippen LogP) is 2.67. The van der Waals surface area contributed by atoms with E-state index in [4.69, 9.17) is 4.42 Å². The lowest BCUT2D eigenvalue weighted by molar-refractivity contribution is -0.117. The number of aromatic nitrogens is 1. The molecule has 1 aromatic carbocycles. The minimum Gasteiger partial charge on any atom is -0.457 e. The number of allylic oxidation sites excluding steroid dienone is 2. The molecule has 2 aliphatic heterocycles. The van der Waals surface area contributed by atoms with Gasteiger partial charge in [-0.1, -0.05) is 12.1 Å². The normalized spacial score (nSPS) is 17.4. The van der Waals surface area contributed by atoms with Crippen molar-refractivity contribution in [2.24, 2.45) is 4.40 Å². The molecule has 8 nitrogen and oxygen atoms in total. The molecule has 1 N–H and O–H groups in total. The highest BCUT2D eigenvalue weighted by Gasteiger charge is 2.29. The Balaban J connectivity index is 1.31. The van der Waals surface area contributed by atoms with Gasteiger partial charge in [0.05, 0.1) is 28.1 Å². The molecule has 0 saturated heterocycles. The van der Waals surface area contributed by atoms with Crippen LogP contribution in [0, 0.1) is 0 Å². The Morgan fingerprint density at radius 1 is 1.23 bits per heavy atom. The number of benzene rings is 1. The van der Waals surface area contributed by atoms with Crippen molar-refractivity contribution in [3.63, 3.8) is 0 Å². The topological polar surface area (TPSA) is 105 Å². The molecule has 2 aromatic heterocycles. The molecule has 0 spiro atoms. The second-order valence-corrected chi connectivity index (χ2v) is 9.54. The van der Waals surface area contributed by atoms with Crippen molar-refractivity contribution in [3.8, 4) is 10.8 Å². The van der Waals surface area contributed by atoms with Crippen LogP contribution in [-0.4, -0.2) is 42.3 Å². The van der Waals surface area contributed by atoms with Crippen molar-refractivity contribution in [3.05, 3.63) is 66.1 Å². The van der Waals surface area contributed by atoms with E-state index in [0.29, 0.717) is 11.5 Å². The Morgan fingerprint density at radius 3 is 2.97 bits per heavy atom. The predicted molar refractivity (Wildman–Crippen MR) is 114 cm³/mol. The van der Waals surface area contributed by atoms with Crippen LogP contribution in [0.2, 0.25) is 0 Å². The lowest BCUT2D eigenvalue weighted by Gasteiger charge is -2.28. The van der Waals surface area contributed by atoms with Gasteiger partial charge in [0.2, 0.25) is 0 Å². The first-order valence-electron chi connectivity index (χ1n) is 9.19. The van der Waals surface area contributed by atoms with Crippen molar-refractivity contribution in [1.29, 1.82) is 0 Å². The van der Waals surface area contributed by atoms with E-state index in [0.717, 1.165) is 15.2 Å². The molecule has 1 amide bonds. The smallest absolute Gasteiger partial charge is 0.256 e. The van der Waals surface area contributed by atoms with Crippen molar-refractivity contribution in [2.75, 3.05) is 12.3 Å². The van der Waals surface area contributed by atoms with Crippen LogP contribution in [0.4, 0.5) is 0 Å². The maximum Gasteiger partial charge on any atom is 0.256 e. The van der Waals surface area contributed by atoms with E-state index in [1.165, 1.54) is 11.3 Å². The number of rotatable bonds is 4. The number of hydrogen-bond acceptors (Lipinski definition) is 7. The number of carbonyl (C=O) groups excluding carboxylic acids is 1. The Hall–Kier alpha value is -3.24. The summed E-state index contributed by atoms with van der Waals surface area (Å²) in [5, 5.41) is 3.54. The largest absolute Gasteiger partial charge is 0.457 e. The Labute approximate surface area is 176 Å². The van der Waals surface area contributed by atoms with E-state index >= 15 is 0 Å². The van der Waals surface area contributed by atoms with Crippen molar-refractivity contribution >= 4 is 43.3 Å². The van der Waals surface area contributed by atoms with Crippen LogP contribution in [0.1, 0.15) is 5.76 Å². The highest BCUT2D eigenvalue weighted by molar-refractivity contribution is 7.90. The molecule has 0 atom stereocenters. The van der Waals surface area contributed by atoms with Crippen LogP contribution in [0.25, 0.3) is 21.0 Å². The van der Waals surface area contributed by atoms with Crippen molar-refractivity contribution < 1.29 is 17.6 Å². The van der Waals surface area contributed by atoms with Gasteiger partial charge in [0.25, 0.3) is 15.9 Å². The summed E-state index contributed by atoms with van der Waals surface area (Å²) in [7, 11) is -3.56. The summed E-state index contributed by atoms with van der Waals surface area (Å²) in [6, 6.07) is 11.5. The average Bonchev–Trinajstić information content (AvgIpc) is 3.37. The summed E-state index contributed by atoms with van der Waals surface area (Å²) in [4.78, 5) is 18.9. The summed E-state index contributed by atoms with van der Waals surface area (Å²) >= 11 is 1.54. The highest BCUT2D eigenvalue weighted by atomic mass is 32.2. The zero-order valence-corrected chi connectivity index (χ0v) is 17.2. The van der Waals surface area contributed by atoms with Gasteiger partial charge in [-0.25, -0.2) is 13.4 Å². The molecule has 10 heteroatoms. The minimum absolute atomic E-state index is 0.0727. The summed E-state index contributed by atoms with van der Waals surface area (Å²) in [6.45, 7) is 0.427. The number of amidine groups is 1. The molecule has 0 aliphatic carbocycles. The third-order valence-electron chi connectivity index (χ3n) is 4.69. The lowest BCUT2D eigenvalue weighted by atomic mass is 10.1. The van der Waals surface area contributed by atoms with Crippen molar-refractivity contribution in [2.45, 2.75) is 6.54 Å². The van der Waals surface area contributed by atoms with Gasteiger partial charge in [-0.3, -0.25) is 4.79 Å². The third kappa shape index (κ3) is 3.55. The quantitative estimate of drug-likeness (QED) is 0.669. The van der Waals surface area contributed by atoms with Gasteiger partial charge in [-0.05, 0) is 36.4 Å². The monoisotopic (exact) mass is 440 g/mol. The Kier molecular flexibility index (Phi) is 4.52. The van der Waals surface area contributed by atoms with Crippen LogP contribution < -0.4 is 5.32 Å². The molecular weight excluding hydrogens is 424 g/mol. The molecule has 0 bridgehead atoms. The number of carbonyl (C=O) groups is 1. The second-order valence-electron chi connectivity index (χ2n) is 6.75. The van der Waals surface area contributed by atoms with Crippen LogP contribution in [0.15, 0.2) is 69.1 Å². The number of para-hydroxylation sites is 1. The molecule has 30 heavy (non-hydrogen) atoms. The standard InChI is InChI=1S/C20H16N4O4S2/c25-19(14-4-3-9-24-10-11-30(26,27)23-18(14)24)21-12-13-7-8-16(28-13)20-22-15-5-1-2-6-17(15)29-20/h1-9H,10-12H2,(H,21,25). The summed E-state index contributed by atoms with van der Waals surface area (Å²) in [5.41, 5.74) is 1.12. The molecule has 3 aromatic rings. The number of sulfonamides is 1. The van der Waals surface area contributed by atoms with Gasteiger partial charge >= 0.3 is 0 Å². The number of hydrogen-bond donors (Lipinski definition) is 1. The first-order valence-corrected chi connectivity index (χ1v) is 11.6. The fraction of sp³-hybridized carbons (Fsp3) is 0.150. The number of amides is 1. The first kappa shape index (κ1) is 18.8. The summed E-state index contributed by atoms with van der Waals surface area (Å²) < 4.78 is 34.4. The van der Waals surface area contributed by atoms with Gasteiger partial charge in [0.1, 0.15) is 5.76 Å².